The molecule has 0 saturated heterocycles. The van der Waals surface area contributed by atoms with Gasteiger partial charge < -0.3 is 10.2 Å². The quantitative estimate of drug-likeness (QED) is 0.738. The first-order chi connectivity index (χ1) is 10.1. The summed E-state index contributed by atoms with van der Waals surface area (Å²) in [6.07, 6.45) is 0. The van der Waals surface area contributed by atoms with E-state index >= 15 is 0 Å². The molecule has 104 valence electrons. The Morgan fingerprint density at radius 2 is 1.86 bits per heavy atom. The van der Waals surface area contributed by atoms with E-state index in [0.717, 1.165) is 5.39 Å². The number of carbonyl (C=O) groups excluding carboxylic acids is 1. The maximum Gasteiger partial charge on any atom is 0.344 e. The average Bonchev–Trinajstić information content (AvgIpc) is 2.47. The fourth-order valence-corrected chi connectivity index (χ4v) is 2.36. The van der Waals surface area contributed by atoms with Crippen LogP contribution in [-0.4, -0.2) is 5.91 Å². The monoisotopic (exact) mass is 299 g/mol. The van der Waals surface area contributed by atoms with E-state index in [1.165, 1.54) is 12.1 Å². The first-order valence-corrected chi connectivity index (χ1v) is 6.56. The van der Waals surface area contributed by atoms with Gasteiger partial charge in [0.1, 0.15) is 5.58 Å². The molecule has 3 rings (SSSR count). The van der Waals surface area contributed by atoms with Gasteiger partial charge in [0.2, 0.25) is 5.91 Å². The molecule has 5 heteroatoms. The van der Waals surface area contributed by atoms with Crippen molar-refractivity contribution in [2.24, 2.45) is 5.73 Å². The summed E-state index contributed by atoms with van der Waals surface area (Å²) < 4.78 is 5.27. The van der Waals surface area contributed by atoms with Crippen LogP contribution >= 0.6 is 11.6 Å². The lowest BCUT2D eigenvalue weighted by molar-refractivity contribution is 0.100. The fourth-order valence-electron chi connectivity index (χ4n) is 2.14. The highest BCUT2D eigenvalue weighted by molar-refractivity contribution is 6.33. The summed E-state index contributed by atoms with van der Waals surface area (Å²) in [7, 11) is 0. The van der Waals surface area contributed by atoms with Gasteiger partial charge in [0.05, 0.1) is 16.1 Å². The number of halogens is 1. The fraction of sp³-hybridized carbons (Fsp3) is 0. The predicted octanol–water partition coefficient (Wildman–Crippen LogP) is 3.21. The van der Waals surface area contributed by atoms with Crippen LogP contribution in [0.3, 0.4) is 0 Å². The van der Waals surface area contributed by atoms with Gasteiger partial charge in [-0.2, -0.15) is 0 Å². The van der Waals surface area contributed by atoms with Gasteiger partial charge in [-0.1, -0.05) is 35.9 Å². The van der Waals surface area contributed by atoms with Crippen molar-refractivity contribution in [3.63, 3.8) is 0 Å². The summed E-state index contributed by atoms with van der Waals surface area (Å²) in [6, 6.07) is 13.6. The second-order valence-electron chi connectivity index (χ2n) is 4.54. The van der Waals surface area contributed by atoms with Crippen molar-refractivity contribution in [3.8, 4) is 11.1 Å². The average molecular weight is 300 g/mol. The summed E-state index contributed by atoms with van der Waals surface area (Å²) in [5, 5.41) is 1.04. The van der Waals surface area contributed by atoms with Crippen molar-refractivity contribution in [2.45, 2.75) is 0 Å². The van der Waals surface area contributed by atoms with Crippen LogP contribution in [0.15, 0.2) is 57.7 Å². The van der Waals surface area contributed by atoms with Gasteiger partial charge in [0.25, 0.3) is 0 Å². The molecule has 2 aromatic carbocycles. The lowest BCUT2D eigenvalue weighted by Crippen LogP contribution is -2.12. The SMILES string of the molecule is NC(=O)c1cc(-c2cc3ccccc3oc2=O)ccc1Cl. The summed E-state index contributed by atoms with van der Waals surface area (Å²) in [5.41, 5.74) is 6.35. The van der Waals surface area contributed by atoms with E-state index in [1.54, 1.807) is 24.3 Å². The van der Waals surface area contributed by atoms with Crippen LogP contribution in [0, 0.1) is 0 Å². The van der Waals surface area contributed by atoms with Crippen molar-refractivity contribution in [1.29, 1.82) is 0 Å². The first-order valence-electron chi connectivity index (χ1n) is 6.19. The van der Waals surface area contributed by atoms with Crippen LogP contribution in [0.5, 0.6) is 0 Å². The van der Waals surface area contributed by atoms with Crippen LogP contribution < -0.4 is 11.4 Å². The number of hydrogen-bond acceptors (Lipinski definition) is 3. The third kappa shape index (κ3) is 2.41. The highest BCUT2D eigenvalue weighted by Crippen LogP contribution is 2.25. The molecule has 0 aliphatic carbocycles. The van der Waals surface area contributed by atoms with Gasteiger partial charge in [-0.3, -0.25) is 4.79 Å². The Labute approximate surface area is 124 Å². The number of para-hydroxylation sites is 1. The van der Waals surface area contributed by atoms with E-state index in [-0.39, 0.29) is 10.6 Å². The Bertz CT molecular complexity index is 915. The number of amides is 1. The minimum absolute atomic E-state index is 0.168. The van der Waals surface area contributed by atoms with Crippen LogP contribution in [0.2, 0.25) is 5.02 Å². The molecule has 0 saturated carbocycles. The molecule has 0 radical (unpaired) electrons. The van der Waals surface area contributed by atoms with E-state index < -0.39 is 11.5 Å². The molecule has 3 aromatic rings. The Morgan fingerprint density at radius 3 is 2.62 bits per heavy atom. The predicted molar refractivity (Wildman–Crippen MR) is 81.4 cm³/mol. The Morgan fingerprint density at radius 1 is 1.10 bits per heavy atom. The molecule has 1 amide bonds. The number of rotatable bonds is 2. The molecule has 1 aromatic heterocycles. The highest BCUT2D eigenvalue weighted by Gasteiger charge is 2.12. The highest BCUT2D eigenvalue weighted by atomic mass is 35.5. The van der Waals surface area contributed by atoms with Gasteiger partial charge in [-0.05, 0) is 29.8 Å². The van der Waals surface area contributed by atoms with E-state index in [9.17, 15) is 9.59 Å². The molecular formula is C16H10ClNO3. The molecule has 1 heterocycles. The molecule has 0 aliphatic rings. The molecule has 0 aliphatic heterocycles. The number of primary amides is 1. The Balaban J connectivity index is 2.25. The number of fused-ring (bicyclic) bond motifs is 1. The summed E-state index contributed by atoms with van der Waals surface area (Å²) in [6.45, 7) is 0. The molecule has 0 fully saturated rings. The zero-order chi connectivity index (χ0) is 15.0. The lowest BCUT2D eigenvalue weighted by atomic mass is 10.0. The number of carbonyl (C=O) groups is 1. The van der Waals surface area contributed by atoms with E-state index in [1.807, 2.05) is 12.1 Å². The van der Waals surface area contributed by atoms with Crippen molar-refractivity contribution < 1.29 is 9.21 Å². The minimum Gasteiger partial charge on any atom is -0.422 e. The van der Waals surface area contributed by atoms with Crippen LogP contribution in [0.25, 0.3) is 22.1 Å². The van der Waals surface area contributed by atoms with Crippen molar-refractivity contribution in [2.75, 3.05) is 0 Å². The standard InChI is InChI=1S/C16H10ClNO3/c17-13-6-5-9(7-12(13)15(18)19)11-8-10-3-1-2-4-14(10)21-16(11)20/h1-8H,(H2,18,19). The molecule has 0 unspecified atom stereocenters. The number of nitrogens with two attached hydrogens (primary N) is 1. The normalized spacial score (nSPS) is 10.7. The van der Waals surface area contributed by atoms with Gasteiger partial charge in [-0.15, -0.1) is 0 Å². The third-order valence-electron chi connectivity index (χ3n) is 3.18. The number of hydrogen-bond donors (Lipinski definition) is 1. The molecule has 0 bridgehead atoms. The molecule has 0 atom stereocenters. The van der Waals surface area contributed by atoms with Gasteiger partial charge >= 0.3 is 5.63 Å². The van der Waals surface area contributed by atoms with Gasteiger partial charge in [-0.25, -0.2) is 4.79 Å². The van der Waals surface area contributed by atoms with E-state index in [2.05, 4.69) is 0 Å². The first kappa shape index (κ1) is 13.4. The van der Waals surface area contributed by atoms with Crippen molar-refractivity contribution in [3.05, 3.63) is 69.5 Å². The van der Waals surface area contributed by atoms with Crippen LogP contribution in [0.1, 0.15) is 10.4 Å². The molecular weight excluding hydrogens is 290 g/mol. The Hall–Kier alpha value is -2.59. The zero-order valence-corrected chi connectivity index (χ0v) is 11.6. The molecule has 21 heavy (non-hydrogen) atoms. The van der Waals surface area contributed by atoms with Crippen molar-refractivity contribution in [1.82, 2.24) is 0 Å². The summed E-state index contributed by atoms with van der Waals surface area (Å²) in [5.74, 6) is -0.646. The number of benzene rings is 2. The van der Waals surface area contributed by atoms with E-state index in [0.29, 0.717) is 16.7 Å². The van der Waals surface area contributed by atoms with Crippen molar-refractivity contribution >= 4 is 28.5 Å². The van der Waals surface area contributed by atoms with Crippen LogP contribution in [-0.2, 0) is 0 Å². The minimum atomic E-state index is -0.646. The lowest BCUT2D eigenvalue weighted by Gasteiger charge is -2.05. The molecule has 0 spiro atoms. The third-order valence-corrected chi connectivity index (χ3v) is 3.51. The Kier molecular flexibility index (Phi) is 3.23. The molecule has 2 N–H and O–H groups in total. The van der Waals surface area contributed by atoms with Crippen LogP contribution in [0.4, 0.5) is 0 Å². The van der Waals surface area contributed by atoms with Gasteiger partial charge in [0.15, 0.2) is 0 Å². The maximum atomic E-state index is 12.1. The zero-order valence-electron chi connectivity index (χ0n) is 10.8. The van der Waals surface area contributed by atoms with E-state index in [4.69, 9.17) is 21.8 Å². The molecule has 4 nitrogen and oxygen atoms in total. The van der Waals surface area contributed by atoms with Gasteiger partial charge in [0, 0.05) is 5.39 Å². The second-order valence-corrected chi connectivity index (χ2v) is 4.95. The second kappa shape index (κ2) is 5.07. The topological polar surface area (TPSA) is 73.3 Å². The maximum absolute atomic E-state index is 12.1. The smallest absolute Gasteiger partial charge is 0.344 e. The summed E-state index contributed by atoms with van der Waals surface area (Å²) >= 11 is 5.91. The summed E-state index contributed by atoms with van der Waals surface area (Å²) in [4.78, 5) is 23.4. The largest absolute Gasteiger partial charge is 0.422 e.